The number of hydrogen-bond donors (Lipinski definition) is 1. The number of carbonyl (C=O) groups is 1. The summed E-state index contributed by atoms with van der Waals surface area (Å²) in [5, 5.41) is 9.22. The van der Waals surface area contributed by atoms with Crippen LogP contribution in [-0.2, 0) is 11.4 Å². The van der Waals surface area contributed by atoms with Gasteiger partial charge in [-0.15, -0.1) is 0 Å². The van der Waals surface area contributed by atoms with Crippen LogP contribution in [0.2, 0.25) is 5.02 Å². The molecule has 2 aromatic rings. The van der Waals surface area contributed by atoms with Gasteiger partial charge in [0.25, 0.3) is 0 Å². The van der Waals surface area contributed by atoms with Crippen LogP contribution >= 0.6 is 11.6 Å². The molecule has 5 heteroatoms. The van der Waals surface area contributed by atoms with Crippen LogP contribution in [0.25, 0.3) is 0 Å². The van der Waals surface area contributed by atoms with Crippen LogP contribution in [0.4, 0.5) is 0 Å². The Bertz CT molecular complexity index is 578. The summed E-state index contributed by atoms with van der Waals surface area (Å²) in [4.78, 5) is 10.4. The highest BCUT2D eigenvalue weighted by Crippen LogP contribution is 2.19. The van der Waals surface area contributed by atoms with Crippen molar-refractivity contribution in [2.75, 3.05) is 6.61 Å². The summed E-state index contributed by atoms with van der Waals surface area (Å²) in [7, 11) is 0. The molecule has 0 bridgehead atoms. The molecule has 110 valence electrons. The van der Waals surface area contributed by atoms with Crippen molar-refractivity contribution in [1.29, 1.82) is 0 Å². The highest BCUT2D eigenvalue weighted by atomic mass is 35.5. The molecule has 0 saturated heterocycles. The Hall–Kier alpha value is -2.20. The van der Waals surface area contributed by atoms with Crippen LogP contribution in [0.15, 0.2) is 48.5 Å². The highest BCUT2D eigenvalue weighted by molar-refractivity contribution is 6.30. The summed E-state index contributed by atoms with van der Waals surface area (Å²) >= 11 is 5.82. The molecule has 0 radical (unpaired) electrons. The number of ether oxygens (including phenoxy) is 2. The summed E-state index contributed by atoms with van der Waals surface area (Å²) in [5.74, 6) is 0.462. The van der Waals surface area contributed by atoms with Gasteiger partial charge in [-0.25, -0.2) is 0 Å². The maximum absolute atomic E-state index is 10.4. The third-order valence-corrected chi connectivity index (χ3v) is 2.98. The van der Waals surface area contributed by atoms with E-state index >= 15 is 0 Å². The maximum atomic E-state index is 10.4. The van der Waals surface area contributed by atoms with E-state index in [0.29, 0.717) is 17.4 Å². The molecule has 0 saturated carbocycles. The van der Waals surface area contributed by atoms with E-state index in [-0.39, 0.29) is 13.0 Å². The van der Waals surface area contributed by atoms with Gasteiger partial charge in [-0.2, -0.15) is 0 Å². The Kier molecular flexibility index (Phi) is 5.46. The van der Waals surface area contributed by atoms with Crippen LogP contribution in [0.5, 0.6) is 11.5 Å². The summed E-state index contributed by atoms with van der Waals surface area (Å²) in [6.45, 7) is 0.608. The van der Waals surface area contributed by atoms with E-state index in [9.17, 15) is 4.79 Å². The van der Waals surface area contributed by atoms with Crippen LogP contribution in [-0.4, -0.2) is 17.7 Å². The molecule has 0 aliphatic heterocycles. The molecule has 4 nitrogen and oxygen atoms in total. The second-order valence-electron chi connectivity index (χ2n) is 4.38. The molecule has 0 aliphatic carbocycles. The van der Waals surface area contributed by atoms with E-state index in [0.717, 1.165) is 11.3 Å². The van der Waals surface area contributed by atoms with Crippen LogP contribution in [0.3, 0.4) is 0 Å². The van der Waals surface area contributed by atoms with Crippen molar-refractivity contribution >= 4 is 17.6 Å². The van der Waals surface area contributed by atoms with E-state index in [2.05, 4.69) is 0 Å². The summed E-state index contributed by atoms with van der Waals surface area (Å²) in [6.07, 6.45) is -0.0190. The Labute approximate surface area is 127 Å². The van der Waals surface area contributed by atoms with Gasteiger partial charge in [0, 0.05) is 5.02 Å². The number of halogens is 1. The van der Waals surface area contributed by atoms with Crippen molar-refractivity contribution in [3.05, 3.63) is 59.1 Å². The van der Waals surface area contributed by atoms with Crippen molar-refractivity contribution in [1.82, 2.24) is 0 Å². The fourth-order valence-corrected chi connectivity index (χ4v) is 1.76. The number of rotatable bonds is 7. The molecule has 0 unspecified atom stereocenters. The number of aliphatic carboxylic acids is 1. The number of carboxylic acids is 1. The largest absolute Gasteiger partial charge is 0.493 e. The van der Waals surface area contributed by atoms with Gasteiger partial charge in [-0.1, -0.05) is 23.7 Å². The molecule has 0 amide bonds. The van der Waals surface area contributed by atoms with Gasteiger partial charge in [0.15, 0.2) is 0 Å². The molecule has 0 fully saturated rings. The predicted molar refractivity (Wildman–Crippen MR) is 80.0 cm³/mol. The fraction of sp³-hybridized carbons (Fsp3) is 0.188. The average molecular weight is 307 g/mol. The summed E-state index contributed by atoms with van der Waals surface area (Å²) < 4.78 is 10.9. The van der Waals surface area contributed by atoms with Crippen LogP contribution < -0.4 is 9.47 Å². The first-order valence-electron chi connectivity index (χ1n) is 6.45. The van der Waals surface area contributed by atoms with Gasteiger partial charge in [0.05, 0.1) is 13.0 Å². The van der Waals surface area contributed by atoms with E-state index in [1.807, 2.05) is 24.3 Å². The zero-order valence-corrected chi connectivity index (χ0v) is 12.0. The lowest BCUT2D eigenvalue weighted by molar-refractivity contribution is -0.137. The third kappa shape index (κ3) is 5.36. The van der Waals surface area contributed by atoms with Gasteiger partial charge >= 0.3 is 5.97 Å². The monoisotopic (exact) mass is 306 g/mol. The van der Waals surface area contributed by atoms with Gasteiger partial charge < -0.3 is 14.6 Å². The van der Waals surface area contributed by atoms with E-state index in [4.69, 9.17) is 26.2 Å². The maximum Gasteiger partial charge on any atom is 0.306 e. The molecular weight excluding hydrogens is 292 g/mol. The third-order valence-electron chi connectivity index (χ3n) is 2.73. The normalized spacial score (nSPS) is 10.1. The molecule has 0 aromatic heterocycles. The van der Waals surface area contributed by atoms with Gasteiger partial charge in [-0.05, 0) is 42.0 Å². The molecule has 0 spiro atoms. The standard InChI is InChI=1S/C16H15ClO4/c17-13-3-1-12(2-4-13)11-21-15-7-5-14(6-8-15)20-10-9-16(18)19/h1-8H,9-11H2,(H,18,19). The topological polar surface area (TPSA) is 55.8 Å². The number of carboxylic acid groups (broad SMARTS) is 1. The van der Waals surface area contributed by atoms with Crippen LogP contribution in [0, 0.1) is 0 Å². The molecule has 21 heavy (non-hydrogen) atoms. The van der Waals surface area contributed by atoms with Gasteiger partial charge in [-0.3, -0.25) is 4.79 Å². The van der Waals surface area contributed by atoms with Crippen LogP contribution in [0.1, 0.15) is 12.0 Å². The Morgan fingerprint density at radius 2 is 1.52 bits per heavy atom. The van der Waals surface area contributed by atoms with Crippen molar-refractivity contribution in [3.63, 3.8) is 0 Å². The first-order chi connectivity index (χ1) is 10.1. The zero-order chi connectivity index (χ0) is 15.1. The van der Waals surface area contributed by atoms with Gasteiger partial charge in [0.2, 0.25) is 0 Å². The lowest BCUT2D eigenvalue weighted by Crippen LogP contribution is -2.04. The van der Waals surface area contributed by atoms with Crippen molar-refractivity contribution < 1.29 is 19.4 Å². The number of hydrogen-bond acceptors (Lipinski definition) is 3. The van der Waals surface area contributed by atoms with E-state index in [1.54, 1.807) is 24.3 Å². The molecule has 1 N–H and O–H groups in total. The minimum Gasteiger partial charge on any atom is -0.493 e. The molecule has 2 aromatic carbocycles. The first kappa shape index (κ1) is 15.2. The average Bonchev–Trinajstić information content (AvgIpc) is 2.48. The molecule has 0 aliphatic rings. The second kappa shape index (κ2) is 7.55. The Morgan fingerprint density at radius 1 is 0.952 bits per heavy atom. The highest BCUT2D eigenvalue weighted by Gasteiger charge is 2.00. The molecular formula is C16H15ClO4. The van der Waals surface area contributed by atoms with Gasteiger partial charge in [0.1, 0.15) is 18.1 Å². The molecule has 0 atom stereocenters. The second-order valence-corrected chi connectivity index (χ2v) is 4.82. The summed E-state index contributed by atoms with van der Waals surface area (Å²) in [5.41, 5.74) is 1.03. The lowest BCUT2D eigenvalue weighted by Gasteiger charge is -2.08. The lowest BCUT2D eigenvalue weighted by atomic mass is 10.2. The Morgan fingerprint density at radius 3 is 2.10 bits per heavy atom. The minimum absolute atomic E-state index is 0.0190. The Balaban J connectivity index is 1.81. The fourth-order valence-electron chi connectivity index (χ4n) is 1.64. The van der Waals surface area contributed by atoms with E-state index in [1.165, 1.54) is 0 Å². The first-order valence-corrected chi connectivity index (χ1v) is 6.83. The summed E-state index contributed by atoms with van der Waals surface area (Å²) in [6, 6.07) is 14.5. The van der Waals surface area contributed by atoms with Crippen molar-refractivity contribution in [3.8, 4) is 11.5 Å². The smallest absolute Gasteiger partial charge is 0.306 e. The predicted octanol–water partition coefficient (Wildman–Crippen LogP) is 3.77. The SMILES string of the molecule is O=C(O)CCOc1ccc(OCc2ccc(Cl)cc2)cc1. The molecule has 2 rings (SSSR count). The van der Waals surface area contributed by atoms with Crippen molar-refractivity contribution in [2.45, 2.75) is 13.0 Å². The quantitative estimate of drug-likeness (QED) is 0.846. The number of benzene rings is 2. The minimum atomic E-state index is -0.877. The van der Waals surface area contributed by atoms with Crippen molar-refractivity contribution in [2.24, 2.45) is 0 Å². The molecule has 0 heterocycles. The van der Waals surface area contributed by atoms with E-state index < -0.39 is 5.97 Å². The zero-order valence-electron chi connectivity index (χ0n) is 11.3.